The van der Waals surface area contributed by atoms with Crippen LogP contribution >= 0.6 is 15.9 Å². The van der Waals surface area contributed by atoms with Crippen molar-refractivity contribution in [2.45, 2.75) is 24.3 Å². The average molecular weight is 270 g/mol. The molecule has 1 atom stereocenters. The second-order valence-corrected chi connectivity index (χ2v) is 4.81. The van der Waals surface area contributed by atoms with Gasteiger partial charge in [0.05, 0.1) is 0 Å². The Morgan fingerprint density at radius 3 is 2.53 bits per heavy atom. The van der Waals surface area contributed by atoms with Crippen LogP contribution in [0.1, 0.15) is 18.4 Å². The van der Waals surface area contributed by atoms with E-state index in [1.807, 2.05) is 24.3 Å². The lowest BCUT2D eigenvalue weighted by Crippen LogP contribution is -2.42. The van der Waals surface area contributed by atoms with Gasteiger partial charge in [0, 0.05) is 9.89 Å². The highest BCUT2D eigenvalue weighted by Gasteiger charge is 2.53. The number of carboxylic acids is 1. The molecule has 0 amide bonds. The molecule has 1 aromatic rings. The Morgan fingerprint density at radius 1 is 1.47 bits per heavy atom. The van der Waals surface area contributed by atoms with Gasteiger partial charge in [-0.2, -0.15) is 0 Å². The van der Waals surface area contributed by atoms with Crippen LogP contribution in [0.15, 0.2) is 28.7 Å². The monoisotopic (exact) mass is 269 g/mol. The Hall–Kier alpha value is -0.870. The molecule has 1 saturated carbocycles. The number of aliphatic carboxylic acids is 1. The minimum Gasteiger partial charge on any atom is -0.480 e. The summed E-state index contributed by atoms with van der Waals surface area (Å²) in [5.41, 5.74) is 6.40. The summed E-state index contributed by atoms with van der Waals surface area (Å²) in [6.45, 7) is 0. The molecule has 0 bridgehead atoms. The van der Waals surface area contributed by atoms with Gasteiger partial charge in [-0.1, -0.05) is 34.1 Å². The minimum absolute atomic E-state index is 0.355. The standard InChI is InChI=1S/C11H12BrNO2/c12-8-4-2-1-3-7(8)11(5-6-11)9(13)10(14)15/h1-4,9H,5-6,13H2,(H,14,15). The molecular formula is C11H12BrNO2. The Balaban J connectivity index is 2.39. The van der Waals surface area contributed by atoms with Crippen molar-refractivity contribution >= 4 is 21.9 Å². The van der Waals surface area contributed by atoms with Crippen molar-refractivity contribution in [1.82, 2.24) is 0 Å². The molecule has 2 rings (SSSR count). The van der Waals surface area contributed by atoms with Crippen LogP contribution in [0, 0.1) is 0 Å². The van der Waals surface area contributed by atoms with Gasteiger partial charge in [0.2, 0.25) is 0 Å². The summed E-state index contributed by atoms with van der Waals surface area (Å²) in [7, 11) is 0. The van der Waals surface area contributed by atoms with Crippen LogP contribution in [0.25, 0.3) is 0 Å². The van der Waals surface area contributed by atoms with E-state index in [1.54, 1.807) is 0 Å². The first-order valence-electron chi connectivity index (χ1n) is 4.81. The van der Waals surface area contributed by atoms with E-state index >= 15 is 0 Å². The smallest absolute Gasteiger partial charge is 0.321 e. The fourth-order valence-corrected chi connectivity index (χ4v) is 2.66. The van der Waals surface area contributed by atoms with Crippen LogP contribution in [0.5, 0.6) is 0 Å². The molecule has 1 aromatic carbocycles. The number of rotatable bonds is 3. The van der Waals surface area contributed by atoms with Crippen molar-refractivity contribution in [2.24, 2.45) is 5.73 Å². The summed E-state index contributed by atoms with van der Waals surface area (Å²) in [6.07, 6.45) is 1.70. The summed E-state index contributed by atoms with van der Waals surface area (Å²) in [6, 6.07) is 6.88. The molecule has 0 aliphatic heterocycles. The number of carbonyl (C=O) groups is 1. The highest BCUT2D eigenvalue weighted by atomic mass is 79.9. The first kappa shape index (κ1) is 10.6. The lowest BCUT2D eigenvalue weighted by atomic mass is 9.88. The fraction of sp³-hybridized carbons (Fsp3) is 0.364. The van der Waals surface area contributed by atoms with Crippen molar-refractivity contribution in [3.05, 3.63) is 34.3 Å². The van der Waals surface area contributed by atoms with Crippen molar-refractivity contribution in [2.75, 3.05) is 0 Å². The largest absolute Gasteiger partial charge is 0.480 e. The molecule has 0 saturated heterocycles. The fourth-order valence-electron chi connectivity index (χ4n) is 1.98. The van der Waals surface area contributed by atoms with Gasteiger partial charge in [-0.15, -0.1) is 0 Å². The van der Waals surface area contributed by atoms with E-state index in [0.717, 1.165) is 22.9 Å². The lowest BCUT2D eigenvalue weighted by molar-refractivity contribution is -0.139. The number of nitrogens with two attached hydrogens (primary N) is 1. The molecule has 1 aliphatic rings. The van der Waals surface area contributed by atoms with Crippen molar-refractivity contribution in [3.63, 3.8) is 0 Å². The van der Waals surface area contributed by atoms with Crippen LogP contribution in [0.2, 0.25) is 0 Å². The number of carboxylic acid groups (broad SMARTS) is 1. The van der Waals surface area contributed by atoms with Gasteiger partial charge in [0.25, 0.3) is 0 Å². The molecule has 0 heterocycles. The predicted octanol–water partition coefficient (Wildman–Crippen LogP) is 1.89. The zero-order valence-corrected chi connectivity index (χ0v) is 9.70. The summed E-state index contributed by atoms with van der Waals surface area (Å²) in [4.78, 5) is 10.9. The number of hydrogen-bond donors (Lipinski definition) is 2. The van der Waals surface area contributed by atoms with Gasteiger partial charge in [-0.3, -0.25) is 4.79 Å². The first-order chi connectivity index (χ1) is 7.08. The van der Waals surface area contributed by atoms with Crippen molar-refractivity contribution in [3.8, 4) is 0 Å². The molecule has 0 spiro atoms. The Morgan fingerprint density at radius 2 is 2.07 bits per heavy atom. The van der Waals surface area contributed by atoms with E-state index in [4.69, 9.17) is 10.8 Å². The summed E-state index contributed by atoms with van der Waals surface area (Å²) >= 11 is 3.44. The third-order valence-corrected chi connectivity index (χ3v) is 3.75. The second kappa shape index (κ2) is 3.61. The van der Waals surface area contributed by atoms with Crippen LogP contribution in [0.3, 0.4) is 0 Å². The zero-order chi connectivity index (χ0) is 11.1. The first-order valence-corrected chi connectivity index (χ1v) is 5.60. The SMILES string of the molecule is NC(C(=O)O)C1(c2ccccc2Br)CC1. The van der Waals surface area contributed by atoms with Gasteiger partial charge in [-0.25, -0.2) is 0 Å². The van der Waals surface area contributed by atoms with Gasteiger partial charge < -0.3 is 10.8 Å². The second-order valence-electron chi connectivity index (χ2n) is 3.95. The quantitative estimate of drug-likeness (QED) is 0.881. The van der Waals surface area contributed by atoms with Gasteiger partial charge in [-0.05, 0) is 24.5 Å². The van der Waals surface area contributed by atoms with Crippen LogP contribution in [-0.4, -0.2) is 17.1 Å². The highest BCUT2D eigenvalue weighted by Crippen LogP contribution is 2.52. The van der Waals surface area contributed by atoms with E-state index in [9.17, 15) is 4.79 Å². The summed E-state index contributed by atoms with van der Waals surface area (Å²) < 4.78 is 0.944. The normalized spacial score (nSPS) is 19.6. The summed E-state index contributed by atoms with van der Waals surface area (Å²) in [5.74, 6) is -0.928. The molecule has 4 heteroatoms. The minimum atomic E-state index is -0.928. The van der Waals surface area contributed by atoms with Gasteiger partial charge in [0.1, 0.15) is 6.04 Å². The molecule has 1 aliphatic carbocycles. The topological polar surface area (TPSA) is 63.3 Å². The third kappa shape index (κ3) is 1.68. The Kier molecular flexibility index (Phi) is 2.56. The Bertz CT molecular complexity index is 401. The molecule has 3 nitrogen and oxygen atoms in total. The zero-order valence-electron chi connectivity index (χ0n) is 8.11. The van der Waals surface area contributed by atoms with E-state index in [-0.39, 0.29) is 5.41 Å². The third-order valence-electron chi connectivity index (χ3n) is 3.06. The summed E-state index contributed by atoms with van der Waals surface area (Å²) in [5, 5.41) is 8.97. The molecule has 1 unspecified atom stereocenters. The highest BCUT2D eigenvalue weighted by molar-refractivity contribution is 9.10. The Labute approximate surface area is 96.4 Å². The van der Waals surface area contributed by atoms with Crippen LogP contribution < -0.4 is 5.73 Å². The molecule has 15 heavy (non-hydrogen) atoms. The van der Waals surface area contributed by atoms with Gasteiger partial charge >= 0.3 is 5.97 Å². The predicted molar refractivity (Wildman–Crippen MR) is 60.7 cm³/mol. The van der Waals surface area contributed by atoms with E-state index in [0.29, 0.717) is 0 Å². The number of hydrogen-bond acceptors (Lipinski definition) is 2. The van der Waals surface area contributed by atoms with Crippen molar-refractivity contribution < 1.29 is 9.90 Å². The van der Waals surface area contributed by atoms with E-state index < -0.39 is 12.0 Å². The average Bonchev–Trinajstić information content (AvgIpc) is 2.98. The van der Waals surface area contributed by atoms with E-state index in [2.05, 4.69) is 15.9 Å². The molecular weight excluding hydrogens is 258 g/mol. The maximum Gasteiger partial charge on any atom is 0.321 e. The molecule has 0 radical (unpaired) electrons. The molecule has 80 valence electrons. The molecule has 3 N–H and O–H groups in total. The maximum atomic E-state index is 10.9. The van der Waals surface area contributed by atoms with E-state index in [1.165, 1.54) is 0 Å². The molecule has 0 aromatic heterocycles. The van der Waals surface area contributed by atoms with Crippen LogP contribution in [0.4, 0.5) is 0 Å². The van der Waals surface area contributed by atoms with Crippen LogP contribution in [-0.2, 0) is 10.2 Å². The lowest BCUT2D eigenvalue weighted by Gasteiger charge is -2.21. The van der Waals surface area contributed by atoms with Gasteiger partial charge in [0.15, 0.2) is 0 Å². The number of halogens is 1. The maximum absolute atomic E-state index is 10.9. The molecule has 1 fully saturated rings. The van der Waals surface area contributed by atoms with Crippen molar-refractivity contribution in [1.29, 1.82) is 0 Å². The number of benzene rings is 1.